The maximum Gasteiger partial charge on any atom is 0.328 e. The van der Waals surface area contributed by atoms with Crippen molar-refractivity contribution >= 4 is 51.3 Å². The molecule has 268 valence electrons. The van der Waals surface area contributed by atoms with Crippen molar-refractivity contribution in [3.8, 4) is 22.4 Å². The van der Waals surface area contributed by atoms with E-state index in [2.05, 4.69) is 59.0 Å². The van der Waals surface area contributed by atoms with Gasteiger partial charge in [-0.25, -0.2) is 4.79 Å². The highest BCUT2D eigenvalue weighted by molar-refractivity contribution is 6.02. The average molecular weight is 708 g/mol. The number of hydrogen-bond donors (Lipinski definition) is 3. The van der Waals surface area contributed by atoms with Crippen molar-refractivity contribution in [2.45, 2.75) is 45.6 Å². The lowest BCUT2D eigenvalue weighted by molar-refractivity contribution is -0.133. The lowest BCUT2D eigenvalue weighted by Gasteiger charge is -2.22. The van der Waals surface area contributed by atoms with Gasteiger partial charge in [0.1, 0.15) is 11.7 Å². The summed E-state index contributed by atoms with van der Waals surface area (Å²) < 4.78 is 3.43. The molecule has 3 N–H and O–H groups in total. The van der Waals surface area contributed by atoms with Crippen molar-refractivity contribution in [1.29, 1.82) is 0 Å². The van der Waals surface area contributed by atoms with Crippen LogP contribution in [0, 0.1) is 6.92 Å². The molecule has 53 heavy (non-hydrogen) atoms. The minimum atomic E-state index is -0.461. The topological polar surface area (TPSA) is 140 Å². The third kappa shape index (κ3) is 6.97. The number of rotatable bonds is 9. The van der Waals surface area contributed by atoms with E-state index < -0.39 is 6.04 Å². The molecule has 6 aromatic rings. The second-order valence-corrected chi connectivity index (χ2v) is 13.9. The molecule has 0 spiro atoms. The number of imide groups is 1. The van der Waals surface area contributed by atoms with Gasteiger partial charge in [-0.2, -0.15) is 0 Å². The van der Waals surface area contributed by atoms with Crippen molar-refractivity contribution < 1.29 is 14.4 Å². The molecular formula is C42H41N7O4. The van der Waals surface area contributed by atoms with Crippen molar-refractivity contribution in [2.24, 2.45) is 14.1 Å². The molecule has 3 aromatic carbocycles. The Morgan fingerprint density at radius 1 is 0.962 bits per heavy atom. The summed E-state index contributed by atoms with van der Waals surface area (Å²) in [5.74, 6) is -0.627. The number of nitrogens with zero attached hydrogens (tertiary/aromatic N) is 4. The number of nitrogens with one attached hydrogen (secondary N) is 3. The quantitative estimate of drug-likeness (QED) is 0.151. The molecule has 11 heteroatoms. The number of carbonyl (C=O) groups excluding carboxylic acids is 3. The van der Waals surface area contributed by atoms with Crippen LogP contribution in [-0.2, 0) is 23.7 Å². The molecule has 1 fully saturated rings. The monoisotopic (exact) mass is 707 g/mol. The first kappa shape index (κ1) is 35.1. The summed E-state index contributed by atoms with van der Waals surface area (Å²) in [5, 5.41) is 10.5. The number of carbonyl (C=O) groups is 3. The zero-order chi connectivity index (χ0) is 37.4. The number of anilines is 1. The Bertz CT molecular complexity index is 2530. The number of hydrogen-bond acceptors (Lipinski definition) is 7. The number of amides is 3. The summed E-state index contributed by atoms with van der Waals surface area (Å²) in [6.07, 6.45) is 8.05. The molecule has 1 aliphatic heterocycles. The fourth-order valence-corrected chi connectivity index (χ4v) is 7.01. The predicted molar refractivity (Wildman–Crippen MR) is 209 cm³/mol. The zero-order valence-corrected chi connectivity index (χ0v) is 30.4. The van der Waals surface area contributed by atoms with Crippen molar-refractivity contribution in [1.82, 2.24) is 29.7 Å². The molecule has 1 saturated heterocycles. The number of pyridine rings is 2. The SMILES string of the molecule is Cc1cc(-c2cc3cccc(-c4cc(C(C)C)c5c(c4)n(C)c(=O)n5C)c3cn2)cnc1C(=O)NC/C=C/c1cccc(NC2CCC(=O)NC2=O)c1. The van der Waals surface area contributed by atoms with Gasteiger partial charge < -0.3 is 10.6 Å². The fourth-order valence-electron chi connectivity index (χ4n) is 7.01. The van der Waals surface area contributed by atoms with Crippen LogP contribution in [0.1, 0.15) is 59.8 Å². The highest BCUT2D eigenvalue weighted by atomic mass is 16.2. The third-order valence-corrected chi connectivity index (χ3v) is 9.83. The summed E-state index contributed by atoms with van der Waals surface area (Å²) in [6, 6.07) is 21.5. The van der Waals surface area contributed by atoms with E-state index in [0.717, 1.165) is 66.6 Å². The molecule has 7 rings (SSSR count). The summed E-state index contributed by atoms with van der Waals surface area (Å²) >= 11 is 0. The number of benzene rings is 3. The van der Waals surface area contributed by atoms with E-state index in [9.17, 15) is 19.2 Å². The van der Waals surface area contributed by atoms with Crippen LogP contribution in [0.4, 0.5) is 5.69 Å². The van der Waals surface area contributed by atoms with Crippen LogP contribution < -0.4 is 21.6 Å². The molecule has 3 amide bonds. The Kier molecular flexibility index (Phi) is 9.49. The van der Waals surface area contributed by atoms with Crippen LogP contribution in [0.15, 0.2) is 90.0 Å². The fraction of sp³-hybridized carbons (Fsp3) is 0.238. The predicted octanol–water partition coefficient (Wildman–Crippen LogP) is 6.25. The van der Waals surface area contributed by atoms with Gasteiger partial charge in [0.05, 0.1) is 16.7 Å². The second-order valence-electron chi connectivity index (χ2n) is 13.9. The van der Waals surface area contributed by atoms with Gasteiger partial charge in [0.25, 0.3) is 5.91 Å². The average Bonchev–Trinajstić information content (AvgIpc) is 3.36. The molecular weight excluding hydrogens is 667 g/mol. The third-order valence-electron chi connectivity index (χ3n) is 9.83. The number of aryl methyl sites for hydroxylation is 3. The van der Waals surface area contributed by atoms with Gasteiger partial charge in [-0.15, -0.1) is 0 Å². The first-order valence-corrected chi connectivity index (χ1v) is 17.7. The summed E-state index contributed by atoms with van der Waals surface area (Å²) in [7, 11) is 3.63. The van der Waals surface area contributed by atoms with Crippen LogP contribution in [-0.4, -0.2) is 49.4 Å². The highest BCUT2D eigenvalue weighted by Crippen LogP contribution is 2.35. The second kappa shape index (κ2) is 14.3. The molecule has 3 aromatic heterocycles. The van der Waals surface area contributed by atoms with E-state index in [1.807, 2.05) is 81.8 Å². The highest BCUT2D eigenvalue weighted by Gasteiger charge is 2.26. The number of fused-ring (bicyclic) bond motifs is 2. The molecule has 0 bridgehead atoms. The van der Waals surface area contributed by atoms with E-state index in [-0.39, 0.29) is 29.3 Å². The minimum Gasteiger partial charge on any atom is -0.374 e. The Labute approximate surface area is 306 Å². The van der Waals surface area contributed by atoms with E-state index in [0.29, 0.717) is 25.1 Å². The Morgan fingerprint density at radius 2 is 1.77 bits per heavy atom. The van der Waals surface area contributed by atoms with Crippen LogP contribution in [0.3, 0.4) is 0 Å². The van der Waals surface area contributed by atoms with E-state index in [1.54, 1.807) is 15.3 Å². The first-order valence-electron chi connectivity index (χ1n) is 17.7. The largest absolute Gasteiger partial charge is 0.374 e. The van der Waals surface area contributed by atoms with Gasteiger partial charge in [0, 0.05) is 56.1 Å². The number of piperidine rings is 1. The standard InChI is InChI=1S/C42H41N7O4/c1-24(2)32-19-28(21-36-39(32)49(5)42(53)48(36)4)31-13-7-11-27-20-35(44-23-33(27)31)29-17-25(3)38(45-22-29)41(52)43-16-8-10-26-9-6-12-30(18-26)46-34-14-15-37(50)47-40(34)51/h6-13,17-24,34,46H,14-16H2,1-5H3,(H,43,52)(H,47,50,51)/b10-8+. The van der Waals surface area contributed by atoms with E-state index in [4.69, 9.17) is 4.98 Å². The minimum absolute atomic E-state index is 0.0476. The van der Waals surface area contributed by atoms with Gasteiger partial charge in [-0.1, -0.05) is 56.3 Å². The van der Waals surface area contributed by atoms with Crippen LogP contribution in [0.25, 0.3) is 50.3 Å². The van der Waals surface area contributed by atoms with Crippen molar-refractivity contribution in [3.63, 3.8) is 0 Å². The number of aromatic nitrogens is 4. The molecule has 1 unspecified atom stereocenters. The van der Waals surface area contributed by atoms with E-state index >= 15 is 0 Å². The van der Waals surface area contributed by atoms with Crippen LogP contribution in [0.2, 0.25) is 0 Å². The maximum absolute atomic E-state index is 13.1. The molecule has 11 nitrogen and oxygen atoms in total. The van der Waals surface area contributed by atoms with Crippen LogP contribution in [0.5, 0.6) is 0 Å². The Hall–Kier alpha value is -6.36. The van der Waals surface area contributed by atoms with E-state index in [1.165, 1.54) is 0 Å². The van der Waals surface area contributed by atoms with Gasteiger partial charge in [-0.3, -0.25) is 38.8 Å². The molecule has 0 radical (unpaired) electrons. The van der Waals surface area contributed by atoms with Crippen molar-refractivity contribution in [3.05, 3.63) is 118 Å². The molecule has 0 saturated carbocycles. The van der Waals surface area contributed by atoms with Gasteiger partial charge >= 0.3 is 5.69 Å². The van der Waals surface area contributed by atoms with Gasteiger partial charge in [-0.05, 0) is 88.9 Å². The first-order chi connectivity index (χ1) is 25.5. The van der Waals surface area contributed by atoms with Gasteiger partial charge in [0.2, 0.25) is 11.8 Å². The lowest BCUT2D eigenvalue weighted by Crippen LogP contribution is -2.47. The molecule has 1 atom stereocenters. The Morgan fingerprint density at radius 3 is 2.55 bits per heavy atom. The lowest BCUT2D eigenvalue weighted by atomic mass is 9.93. The molecule has 0 aliphatic carbocycles. The zero-order valence-electron chi connectivity index (χ0n) is 30.4. The summed E-state index contributed by atoms with van der Waals surface area (Å²) in [4.78, 5) is 58.8. The normalized spacial score (nSPS) is 14.7. The molecule has 1 aliphatic rings. The van der Waals surface area contributed by atoms with Crippen molar-refractivity contribution in [2.75, 3.05) is 11.9 Å². The Balaban J connectivity index is 1.05. The number of imidazole rings is 1. The summed E-state index contributed by atoms with van der Waals surface area (Å²) in [6.45, 7) is 6.45. The maximum atomic E-state index is 13.1. The van der Waals surface area contributed by atoms with Crippen LogP contribution >= 0.6 is 0 Å². The summed E-state index contributed by atoms with van der Waals surface area (Å²) in [5.41, 5.74) is 9.28. The molecule has 4 heterocycles. The smallest absolute Gasteiger partial charge is 0.328 e. The van der Waals surface area contributed by atoms with Gasteiger partial charge in [0.15, 0.2) is 0 Å².